The average Bonchev–Trinajstić information content (AvgIpc) is 3.12. The molecule has 1 saturated heterocycles. The first-order valence-corrected chi connectivity index (χ1v) is 9.38. The first kappa shape index (κ1) is 19.2. The lowest BCUT2D eigenvalue weighted by molar-refractivity contribution is 0.189. The van der Waals surface area contributed by atoms with Crippen molar-refractivity contribution in [3.63, 3.8) is 0 Å². The summed E-state index contributed by atoms with van der Waals surface area (Å²) in [6.45, 7) is 3.85. The lowest BCUT2D eigenvalue weighted by Gasteiger charge is -2.24. The fourth-order valence-electron chi connectivity index (χ4n) is 3.37. The Bertz CT molecular complexity index is 721. The number of pyridine rings is 1. The third kappa shape index (κ3) is 5.69. The van der Waals surface area contributed by atoms with Crippen molar-refractivity contribution in [2.75, 3.05) is 33.8 Å². The minimum Gasteiger partial charge on any atom is -0.497 e. The largest absolute Gasteiger partial charge is 0.497 e. The van der Waals surface area contributed by atoms with Gasteiger partial charge in [-0.2, -0.15) is 0 Å². The second-order valence-corrected chi connectivity index (χ2v) is 7.13. The Morgan fingerprint density at radius 2 is 2.07 bits per heavy atom. The maximum atomic E-state index is 12.9. The van der Waals surface area contributed by atoms with Gasteiger partial charge in [0.15, 0.2) is 0 Å². The van der Waals surface area contributed by atoms with Crippen molar-refractivity contribution in [1.29, 1.82) is 0 Å². The molecule has 6 heteroatoms. The summed E-state index contributed by atoms with van der Waals surface area (Å²) in [5.41, 5.74) is 1.93. The van der Waals surface area contributed by atoms with Crippen LogP contribution in [0.3, 0.4) is 0 Å². The molecule has 2 amide bonds. The number of carbonyl (C=O) groups excluding carboxylic acids is 1. The van der Waals surface area contributed by atoms with Gasteiger partial charge >= 0.3 is 6.03 Å². The van der Waals surface area contributed by atoms with E-state index in [-0.39, 0.29) is 6.03 Å². The van der Waals surface area contributed by atoms with Crippen molar-refractivity contribution in [2.45, 2.75) is 19.5 Å². The van der Waals surface area contributed by atoms with E-state index >= 15 is 0 Å². The summed E-state index contributed by atoms with van der Waals surface area (Å²) >= 11 is 0. The molecule has 0 spiro atoms. The Hall–Kier alpha value is -2.60. The molecule has 0 bridgehead atoms. The highest BCUT2D eigenvalue weighted by atomic mass is 16.5. The van der Waals surface area contributed by atoms with Crippen LogP contribution in [0.5, 0.6) is 5.75 Å². The summed E-state index contributed by atoms with van der Waals surface area (Å²) in [5.74, 6) is 1.33. The Morgan fingerprint density at radius 3 is 2.70 bits per heavy atom. The Balaban J connectivity index is 1.65. The van der Waals surface area contributed by atoms with Crippen LogP contribution in [0.2, 0.25) is 0 Å². The molecule has 0 aliphatic carbocycles. The molecule has 1 N–H and O–H groups in total. The Kier molecular flexibility index (Phi) is 6.65. The van der Waals surface area contributed by atoms with Crippen LogP contribution in [0.1, 0.15) is 17.7 Å². The van der Waals surface area contributed by atoms with E-state index in [4.69, 9.17) is 4.74 Å². The third-order valence-corrected chi connectivity index (χ3v) is 4.93. The number of nitrogens with zero attached hydrogens (tertiary/aromatic N) is 3. The minimum absolute atomic E-state index is 0.0500. The molecule has 6 nitrogen and oxygen atoms in total. The van der Waals surface area contributed by atoms with Gasteiger partial charge in [0.05, 0.1) is 19.3 Å². The number of benzene rings is 1. The van der Waals surface area contributed by atoms with Crippen LogP contribution in [0.25, 0.3) is 0 Å². The monoisotopic (exact) mass is 368 g/mol. The molecular formula is C21H28N4O2. The van der Waals surface area contributed by atoms with Gasteiger partial charge in [-0.3, -0.25) is 4.98 Å². The van der Waals surface area contributed by atoms with E-state index in [1.54, 1.807) is 13.3 Å². The highest BCUT2D eigenvalue weighted by Crippen LogP contribution is 2.16. The van der Waals surface area contributed by atoms with Crippen molar-refractivity contribution in [1.82, 2.24) is 20.1 Å². The molecule has 2 heterocycles. The second-order valence-electron chi connectivity index (χ2n) is 7.13. The van der Waals surface area contributed by atoms with Gasteiger partial charge in [-0.05, 0) is 55.8 Å². The number of nitrogens with one attached hydrogen (secondary N) is 1. The number of urea groups is 1. The molecule has 1 aromatic heterocycles. The molecule has 1 fully saturated rings. The van der Waals surface area contributed by atoms with Crippen molar-refractivity contribution in [3.05, 3.63) is 59.9 Å². The van der Waals surface area contributed by atoms with Crippen LogP contribution in [0, 0.1) is 5.92 Å². The fraction of sp³-hybridized carbons (Fsp3) is 0.429. The number of hydrogen-bond acceptors (Lipinski definition) is 4. The number of carbonyl (C=O) groups is 1. The first-order valence-electron chi connectivity index (χ1n) is 9.38. The molecule has 144 valence electrons. The van der Waals surface area contributed by atoms with E-state index in [0.29, 0.717) is 25.6 Å². The van der Waals surface area contributed by atoms with Crippen LogP contribution in [-0.4, -0.2) is 54.6 Å². The molecule has 3 rings (SSSR count). The van der Waals surface area contributed by atoms with E-state index < -0.39 is 0 Å². The van der Waals surface area contributed by atoms with Gasteiger partial charge in [-0.1, -0.05) is 18.2 Å². The summed E-state index contributed by atoms with van der Waals surface area (Å²) in [6.07, 6.45) is 2.89. The zero-order chi connectivity index (χ0) is 19.1. The minimum atomic E-state index is -0.0500. The van der Waals surface area contributed by atoms with Crippen molar-refractivity contribution < 1.29 is 9.53 Å². The van der Waals surface area contributed by atoms with Gasteiger partial charge in [-0.15, -0.1) is 0 Å². The van der Waals surface area contributed by atoms with E-state index in [1.807, 2.05) is 47.4 Å². The molecule has 0 unspecified atom stereocenters. The number of hydrogen-bond donors (Lipinski definition) is 1. The van der Waals surface area contributed by atoms with Crippen LogP contribution in [-0.2, 0) is 13.1 Å². The predicted octanol–water partition coefficient (Wildman–Crippen LogP) is 2.75. The molecule has 27 heavy (non-hydrogen) atoms. The Labute approximate surface area is 161 Å². The number of rotatable bonds is 7. The quantitative estimate of drug-likeness (QED) is 0.816. The summed E-state index contributed by atoms with van der Waals surface area (Å²) in [4.78, 5) is 21.3. The predicted molar refractivity (Wildman–Crippen MR) is 105 cm³/mol. The second kappa shape index (κ2) is 9.37. The van der Waals surface area contributed by atoms with Gasteiger partial charge in [0.2, 0.25) is 0 Å². The van der Waals surface area contributed by atoms with E-state index in [1.165, 1.54) is 0 Å². The topological polar surface area (TPSA) is 57.7 Å². The van der Waals surface area contributed by atoms with Crippen LogP contribution < -0.4 is 10.1 Å². The highest BCUT2D eigenvalue weighted by Gasteiger charge is 2.21. The third-order valence-electron chi connectivity index (χ3n) is 4.93. The number of ether oxygens (including phenoxy) is 1. The van der Waals surface area contributed by atoms with Gasteiger partial charge in [-0.25, -0.2) is 4.79 Å². The molecule has 1 aliphatic rings. The highest BCUT2D eigenvalue weighted by molar-refractivity contribution is 5.74. The van der Waals surface area contributed by atoms with E-state index in [2.05, 4.69) is 22.2 Å². The molecule has 1 aliphatic heterocycles. The van der Waals surface area contributed by atoms with Gasteiger partial charge < -0.3 is 19.9 Å². The number of amides is 2. The zero-order valence-corrected chi connectivity index (χ0v) is 16.1. The SMILES string of the molecule is COc1ccc(CN(Cc2ccccn2)C(=O)NC[C@H]2CCN(C)C2)cc1. The molecular weight excluding hydrogens is 340 g/mol. The summed E-state index contributed by atoms with van der Waals surface area (Å²) in [6, 6.07) is 13.5. The molecule has 0 saturated carbocycles. The first-order chi connectivity index (χ1) is 13.1. The number of aromatic nitrogens is 1. The van der Waals surface area contributed by atoms with Crippen LogP contribution >= 0.6 is 0 Å². The van der Waals surface area contributed by atoms with Gasteiger partial charge in [0.25, 0.3) is 0 Å². The number of likely N-dealkylation sites (tertiary alicyclic amines) is 1. The maximum absolute atomic E-state index is 12.9. The zero-order valence-electron chi connectivity index (χ0n) is 16.1. The molecule has 1 atom stereocenters. The normalized spacial score (nSPS) is 16.9. The smallest absolute Gasteiger partial charge is 0.318 e. The molecule has 0 radical (unpaired) electrons. The van der Waals surface area contributed by atoms with E-state index in [0.717, 1.165) is 36.5 Å². The van der Waals surface area contributed by atoms with Crippen molar-refractivity contribution in [3.8, 4) is 5.75 Å². The van der Waals surface area contributed by atoms with E-state index in [9.17, 15) is 4.79 Å². The fourth-order valence-corrected chi connectivity index (χ4v) is 3.37. The summed E-state index contributed by atoms with van der Waals surface area (Å²) < 4.78 is 5.21. The summed E-state index contributed by atoms with van der Waals surface area (Å²) in [5, 5.41) is 3.12. The lowest BCUT2D eigenvalue weighted by atomic mass is 10.1. The summed E-state index contributed by atoms with van der Waals surface area (Å²) in [7, 11) is 3.77. The van der Waals surface area contributed by atoms with Crippen LogP contribution in [0.4, 0.5) is 4.79 Å². The number of methoxy groups -OCH3 is 1. The lowest BCUT2D eigenvalue weighted by Crippen LogP contribution is -2.41. The van der Waals surface area contributed by atoms with Crippen molar-refractivity contribution >= 4 is 6.03 Å². The van der Waals surface area contributed by atoms with Crippen LogP contribution in [0.15, 0.2) is 48.7 Å². The van der Waals surface area contributed by atoms with Crippen molar-refractivity contribution in [2.24, 2.45) is 5.92 Å². The Morgan fingerprint density at radius 1 is 1.26 bits per heavy atom. The van der Waals surface area contributed by atoms with Gasteiger partial charge in [0, 0.05) is 25.8 Å². The molecule has 2 aromatic rings. The maximum Gasteiger partial charge on any atom is 0.318 e. The molecule has 1 aromatic carbocycles. The van der Waals surface area contributed by atoms with Gasteiger partial charge in [0.1, 0.15) is 5.75 Å². The average molecular weight is 368 g/mol. The standard InChI is InChI=1S/C21H28N4O2/c1-24-12-10-18(14-24)13-23-21(26)25(16-19-5-3-4-11-22-19)15-17-6-8-20(27-2)9-7-17/h3-9,11,18H,10,12-16H2,1-2H3,(H,23,26)/t18-/m1/s1.